The molecule has 2 aliphatic carbocycles. The van der Waals surface area contributed by atoms with Crippen LogP contribution in [0.2, 0.25) is 0 Å². The Labute approximate surface area is 318 Å². The Bertz CT molecular complexity index is 2350. The zero-order valence-electron chi connectivity index (χ0n) is 28.3. The van der Waals surface area contributed by atoms with E-state index in [4.69, 9.17) is 27.9 Å². The van der Waals surface area contributed by atoms with Crippen molar-refractivity contribution in [3.05, 3.63) is 119 Å². The maximum atomic E-state index is 15.3. The first kappa shape index (κ1) is 36.5. The highest BCUT2D eigenvalue weighted by molar-refractivity contribution is 6.58. The molecule has 6 atom stereocenters. The van der Waals surface area contributed by atoms with Gasteiger partial charge in [0.25, 0.3) is 11.8 Å². The van der Waals surface area contributed by atoms with Crippen molar-refractivity contribution in [2.24, 2.45) is 17.8 Å². The third kappa shape index (κ3) is 5.03. The van der Waals surface area contributed by atoms with E-state index in [9.17, 15) is 37.5 Å². The third-order valence-electron chi connectivity index (χ3n) is 11.0. The van der Waals surface area contributed by atoms with Gasteiger partial charge in [0.05, 0.1) is 24.6 Å². The number of carbonyl (C=O) groups excluding carboxylic acids is 4. The normalized spacial score (nSPS) is 27.2. The molecule has 9 nitrogen and oxygen atoms in total. The minimum absolute atomic E-state index is 0.0651. The fourth-order valence-corrected chi connectivity index (χ4v) is 9.37. The highest BCUT2D eigenvalue weighted by Gasteiger charge is 2.77. The SMILES string of the molecule is COc1ccc(C2C3=CCC4C(=O)N(c5ccc(Nc6ccccc6)cc5)C(=O)C4C3CC3(Cl)C(=O)N(c4c(F)c(F)c(F)c(F)c4F)C(=O)C23Cl)c(O)c1. The first-order chi connectivity index (χ1) is 26.1. The molecule has 55 heavy (non-hydrogen) atoms. The van der Waals surface area contributed by atoms with Gasteiger partial charge in [-0.1, -0.05) is 35.9 Å². The van der Waals surface area contributed by atoms with E-state index in [1.807, 2.05) is 30.3 Å². The number of phenols is 1. The van der Waals surface area contributed by atoms with Gasteiger partial charge in [0.2, 0.25) is 17.6 Å². The fraction of sp³-hybridized carbons (Fsp3) is 0.231. The van der Waals surface area contributed by atoms with Gasteiger partial charge in [-0.25, -0.2) is 26.9 Å². The van der Waals surface area contributed by atoms with Crippen LogP contribution in [-0.4, -0.2) is 45.6 Å². The quantitative estimate of drug-likeness (QED) is 0.0516. The highest BCUT2D eigenvalue weighted by Crippen LogP contribution is 2.67. The fourth-order valence-electron chi connectivity index (χ4n) is 8.44. The Morgan fingerprint density at radius 3 is 2.00 bits per heavy atom. The largest absolute Gasteiger partial charge is 0.508 e. The first-order valence-electron chi connectivity index (χ1n) is 16.8. The second kappa shape index (κ2) is 12.8. The van der Waals surface area contributed by atoms with Crippen molar-refractivity contribution in [2.45, 2.75) is 28.5 Å². The van der Waals surface area contributed by atoms with E-state index < -0.39 is 104 Å². The molecular weight excluding hydrogens is 772 g/mol. The lowest BCUT2D eigenvalue weighted by molar-refractivity contribution is -0.125. The van der Waals surface area contributed by atoms with Gasteiger partial charge in [-0.15, -0.1) is 23.2 Å². The number of methoxy groups -OCH3 is 1. The van der Waals surface area contributed by atoms with Crippen molar-refractivity contribution in [3.8, 4) is 11.5 Å². The van der Waals surface area contributed by atoms with E-state index >= 15 is 8.78 Å². The Morgan fingerprint density at radius 2 is 1.38 bits per heavy atom. The van der Waals surface area contributed by atoms with Gasteiger partial charge in [0.15, 0.2) is 33.0 Å². The Hall–Kier alpha value is -5.47. The lowest BCUT2D eigenvalue weighted by Gasteiger charge is -2.50. The number of imide groups is 2. The van der Waals surface area contributed by atoms with Gasteiger partial charge in [-0.05, 0) is 61.2 Å². The molecule has 4 aromatic rings. The van der Waals surface area contributed by atoms with E-state index in [-0.39, 0.29) is 33.9 Å². The number of benzene rings is 4. The van der Waals surface area contributed by atoms with Crippen LogP contribution >= 0.6 is 23.2 Å². The Balaban J connectivity index is 1.24. The summed E-state index contributed by atoms with van der Waals surface area (Å²) in [7, 11) is 1.31. The number of rotatable bonds is 6. The van der Waals surface area contributed by atoms with E-state index in [2.05, 4.69) is 5.32 Å². The van der Waals surface area contributed by atoms with Crippen LogP contribution in [0.4, 0.5) is 44.7 Å². The summed E-state index contributed by atoms with van der Waals surface area (Å²) in [4.78, 5) is 52.5. The summed E-state index contributed by atoms with van der Waals surface area (Å²) in [5, 5.41) is 14.5. The molecule has 6 unspecified atom stereocenters. The minimum Gasteiger partial charge on any atom is -0.508 e. The molecule has 4 aromatic carbocycles. The summed E-state index contributed by atoms with van der Waals surface area (Å²) in [6, 6.07) is 19.6. The summed E-state index contributed by atoms with van der Waals surface area (Å²) in [6.45, 7) is 0. The van der Waals surface area contributed by atoms with Crippen molar-refractivity contribution in [2.75, 3.05) is 22.2 Å². The van der Waals surface area contributed by atoms with Gasteiger partial charge in [-0.3, -0.25) is 24.1 Å². The lowest BCUT2D eigenvalue weighted by atomic mass is 9.56. The van der Waals surface area contributed by atoms with Gasteiger partial charge >= 0.3 is 0 Å². The van der Waals surface area contributed by atoms with Gasteiger partial charge < -0.3 is 15.2 Å². The van der Waals surface area contributed by atoms with Crippen LogP contribution in [0.5, 0.6) is 11.5 Å². The number of nitrogens with zero attached hydrogens (tertiary/aromatic N) is 2. The van der Waals surface area contributed by atoms with Crippen molar-refractivity contribution < 1.29 is 51.0 Å². The zero-order valence-corrected chi connectivity index (χ0v) is 29.8. The molecule has 282 valence electrons. The monoisotopic (exact) mass is 797 g/mol. The van der Waals surface area contributed by atoms with Gasteiger partial charge in [0, 0.05) is 28.9 Å². The van der Waals surface area contributed by atoms with Crippen molar-refractivity contribution in [1.29, 1.82) is 0 Å². The number of fused-ring (bicyclic) bond motifs is 4. The predicted octanol–water partition coefficient (Wildman–Crippen LogP) is 7.61. The predicted molar refractivity (Wildman–Crippen MR) is 190 cm³/mol. The second-order valence-electron chi connectivity index (χ2n) is 13.7. The van der Waals surface area contributed by atoms with Crippen LogP contribution in [0.3, 0.4) is 0 Å². The number of nitrogens with one attached hydrogen (secondary N) is 1. The molecule has 0 radical (unpaired) electrons. The standard InChI is InChI=1S/C39H26Cl2F5N3O6/c1-55-20-11-12-22(25(50)15-20)27-21-13-14-23-26(35(52)48(34(23)51)19-9-7-18(8-10-19)47-17-5-3-2-4-6-17)24(21)16-38(40)36(53)49(37(54)39(27,38)41)33-31(45)29(43)28(42)30(44)32(33)46/h2-13,15,23-24,26-27,47,50H,14,16H2,1H3. The molecule has 3 fully saturated rings. The number of anilines is 4. The number of para-hydroxylation sites is 1. The number of ether oxygens (including phenoxy) is 1. The highest BCUT2D eigenvalue weighted by atomic mass is 35.5. The Morgan fingerprint density at radius 1 is 0.764 bits per heavy atom. The van der Waals surface area contributed by atoms with E-state index in [0.717, 1.165) is 16.7 Å². The molecule has 2 N–H and O–H groups in total. The van der Waals surface area contributed by atoms with Crippen LogP contribution in [0.25, 0.3) is 0 Å². The average Bonchev–Trinajstić information content (AvgIpc) is 3.52. The van der Waals surface area contributed by atoms with Crippen molar-refractivity contribution in [3.63, 3.8) is 0 Å². The number of aromatic hydroxyl groups is 1. The molecule has 8 rings (SSSR count). The number of phenolic OH excluding ortho intramolecular Hbond substituents is 1. The third-order valence-corrected chi connectivity index (χ3v) is 12.4. The molecule has 0 bridgehead atoms. The number of carbonyl (C=O) groups is 4. The average molecular weight is 799 g/mol. The molecule has 16 heteroatoms. The summed E-state index contributed by atoms with van der Waals surface area (Å²) >= 11 is 14.3. The molecule has 2 saturated heterocycles. The van der Waals surface area contributed by atoms with E-state index in [0.29, 0.717) is 5.69 Å². The number of halogens is 7. The first-order valence-corrected chi connectivity index (χ1v) is 17.6. The zero-order chi connectivity index (χ0) is 39.3. The molecule has 2 aliphatic heterocycles. The molecule has 1 saturated carbocycles. The Kier molecular flexibility index (Phi) is 8.50. The molecule has 0 aromatic heterocycles. The summed E-state index contributed by atoms with van der Waals surface area (Å²) in [5.74, 6) is -22.3. The van der Waals surface area contributed by atoms with Crippen LogP contribution in [0.1, 0.15) is 24.3 Å². The number of allylic oxidation sites excluding steroid dienone is 2. The maximum absolute atomic E-state index is 15.3. The van der Waals surface area contributed by atoms with Crippen LogP contribution in [0, 0.1) is 46.8 Å². The van der Waals surface area contributed by atoms with Crippen LogP contribution < -0.4 is 19.9 Å². The summed E-state index contributed by atoms with van der Waals surface area (Å²) in [5.41, 5.74) is -0.134. The molecule has 2 heterocycles. The van der Waals surface area contributed by atoms with Gasteiger partial charge in [-0.2, -0.15) is 0 Å². The molecule has 4 aliphatic rings. The maximum Gasteiger partial charge on any atom is 0.258 e. The minimum atomic E-state index is -2.78. The van der Waals surface area contributed by atoms with Crippen LogP contribution in [0.15, 0.2) is 84.4 Å². The van der Waals surface area contributed by atoms with E-state index in [1.165, 1.54) is 19.2 Å². The second-order valence-corrected chi connectivity index (χ2v) is 14.9. The lowest BCUT2D eigenvalue weighted by Crippen LogP contribution is -2.60. The van der Waals surface area contributed by atoms with E-state index in [1.54, 1.807) is 30.3 Å². The number of hydrogen-bond acceptors (Lipinski definition) is 7. The molecular formula is C39H26Cl2F5N3O6. The topological polar surface area (TPSA) is 116 Å². The molecule has 4 amide bonds. The van der Waals surface area contributed by atoms with Crippen LogP contribution in [-0.2, 0) is 19.2 Å². The van der Waals surface area contributed by atoms with Crippen molar-refractivity contribution in [1.82, 2.24) is 0 Å². The van der Waals surface area contributed by atoms with Gasteiger partial charge in [0.1, 0.15) is 17.2 Å². The summed E-state index contributed by atoms with van der Waals surface area (Å²) < 4.78 is 78.8. The van der Waals surface area contributed by atoms with Crippen molar-refractivity contribution >= 4 is 69.6 Å². The number of amides is 4. The molecule has 0 spiro atoms. The number of hydrogen-bond donors (Lipinski definition) is 2. The smallest absolute Gasteiger partial charge is 0.258 e. The summed E-state index contributed by atoms with van der Waals surface area (Å²) in [6.07, 6.45) is 0.799. The number of alkyl halides is 2.